The predicted octanol–water partition coefficient (Wildman–Crippen LogP) is 5.27. The van der Waals surface area contributed by atoms with Gasteiger partial charge in [-0.2, -0.15) is 5.26 Å². The molecule has 0 spiro atoms. The molecule has 1 heterocycles. The molecule has 166 valence electrons. The zero-order valence-corrected chi connectivity index (χ0v) is 20.0. The van der Waals surface area contributed by atoms with E-state index in [-0.39, 0.29) is 6.10 Å². The second-order valence-electron chi connectivity index (χ2n) is 8.74. The monoisotopic (exact) mass is 446 g/mol. The van der Waals surface area contributed by atoms with E-state index < -0.39 is 0 Å². The molecule has 0 unspecified atom stereocenters. The first-order valence-corrected chi connectivity index (χ1v) is 11.9. The van der Waals surface area contributed by atoms with Crippen LogP contribution >= 0.6 is 11.3 Å². The molecule has 1 aliphatic carbocycles. The number of nitrogens with zero attached hydrogens (tertiary/aromatic N) is 3. The van der Waals surface area contributed by atoms with Crippen LogP contribution < -0.4 is 10.1 Å². The first kappa shape index (κ1) is 22.5. The van der Waals surface area contributed by atoms with E-state index in [1.165, 1.54) is 21.6 Å². The van der Waals surface area contributed by atoms with Crippen molar-refractivity contribution < 1.29 is 4.74 Å². The number of benzene rings is 2. The first-order chi connectivity index (χ1) is 15.5. The number of rotatable bonds is 8. The molecule has 0 radical (unpaired) electrons. The maximum atomic E-state index is 9.55. The highest BCUT2D eigenvalue weighted by atomic mass is 32.1. The number of hydrogen-bond donors (Lipinski definition) is 1. The maximum Gasteiger partial charge on any atom is 0.137 e. The van der Waals surface area contributed by atoms with Gasteiger partial charge in [0.05, 0.1) is 16.5 Å². The van der Waals surface area contributed by atoms with E-state index in [4.69, 9.17) is 4.74 Å². The number of nitrogens with one attached hydrogen (secondary N) is 1. The lowest BCUT2D eigenvalue weighted by Crippen LogP contribution is -2.28. The van der Waals surface area contributed by atoms with Gasteiger partial charge < -0.3 is 15.0 Å². The Bertz CT molecular complexity index is 1130. The SMILES string of the molecule is CC(C)Oc1ccc(-c2ncc(-c3cccc4c3CC[C@@H]4NCCN(C)C)s2)cc1C#N. The molecule has 6 heteroatoms. The van der Waals surface area contributed by atoms with E-state index in [2.05, 4.69) is 53.6 Å². The van der Waals surface area contributed by atoms with Crippen LogP contribution in [0.2, 0.25) is 0 Å². The van der Waals surface area contributed by atoms with Gasteiger partial charge >= 0.3 is 0 Å². The van der Waals surface area contributed by atoms with E-state index >= 15 is 0 Å². The summed E-state index contributed by atoms with van der Waals surface area (Å²) in [5, 5.41) is 14.2. The van der Waals surface area contributed by atoms with Crippen molar-refractivity contribution in [1.29, 1.82) is 5.26 Å². The molecule has 3 aromatic rings. The number of fused-ring (bicyclic) bond motifs is 1. The highest BCUT2D eigenvalue weighted by molar-refractivity contribution is 7.18. The molecule has 0 aliphatic heterocycles. The third-order valence-electron chi connectivity index (χ3n) is 5.70. The van der Waals surface area contributed by atoms with Gasteiger partial charge in [0.25, 0.3) is 0 Å². The fourth-order valence-electron chi connectivity index (χ4n) is 4.20. The normalized spacial score (nSPS) is 15.2. The van der Waals surface area contributed by atoms with Crippen molar-refractivity contribution in [1.82, 2.24) is 15.2 Å². The van der Waals surface area contributed by atoms with Gasteiger partial charge in [0.15, 0.2) is 0 Å². The fraction of sp³-hybridized carbons (Fsp3) is 0.385. The van der Waals surface area contributed by atoms with Crippen molar-refractivity contribution in [3.05, 3.63) is 59.3 Å². The van der Waals surface area contributed by atoms with Crippen LogP contribution in [0.1, 0.15) is 43.0 Å². The number of hydrogen-bond acceptors (Lipinski definition) is 6. The highest BCUT2D eigenvalue weighted by Gasteiger charge is 2.25. The van der Waals surface area contributed by atoms with Crippen molar-refractivity contribution in [3.8, 4) is 32.8 Å². The lowest BCUT2D eigenvalue weighted by molar-refractivity contribution is 0.242. The van der Waals surface area contributed by atoms with Crippen LogP contribution in [0.25, 0.3) is 21.0 Å². The Morgan fingerprint density at radius 2 is 2.12 bits per heavy atom. The van der Waals surface area contributed by atoms with Gasteiger partial charge in [0.1, 0.15) is 16.8 Å². The number of likely N-dealkylation sites (N-methyl/N-ethyl adjacent to an activating group) is 1. The summed E-state index contributed by atoms with van der Waals surface area (Å²) in [6.45, 7) is 5.95. The van der Waals surface area contributed by atoms with Crippen molar-refractivity contribution in [2.75, 3.05) is 27.2 Å². The Kier molecular flexibility index (Phi) is 6.90. The van der Waals surface area contributed by atoms with Crippen LogP contribution in [0.15, 0.2) is 42.6 Å². The molecule has 1 N–H and O–H groups in total. The summed E-state index contributed by atoms with van der Waals surface area (Å²) in [5.41, 5.74) is 5.62. The minimum absolute atomic E-state index is 0.0285. The van der Waals surface area contributed by atoms with Gasteiger partial charge in [0, 0.05) is 30.9 Å². The predicted molar refractivity (Wildman–Crippen MR) is 131 cm³/mol. The van der Waals surface area contributed by atoms with Gasteiger partial charge in [-0.15, -0.1) is 11.3 Å². The summed E-state index contributed by atoms with van der Waals surface area (Å²) < 4.78 is 5.75. The molecule has 2 aromatic carbocycles. The second kappa shape index (κ2) is 9.83. The lowest BCUT2D eigenvalue weighted by Gasteiger charge is -2.16. The highest BCUT2D eigenvalue weighted by Crippen LogP contribution is 2.41. The third-order valence-corrected chi connectivity index (χ3v) is 6.78. The van der Waals surface area contributed by atoms with Gasteiger partial charge in [-0.25, -0.2) is 4.98 Å². The molecule has 0 fully saturated rings. The molecule has 0 bridgehead atoms. The van der Waals surface area contributed by atoms with Crippen molar-refractivity contribution >= 4 is 11.3 Å². The van der Waals surface area contributed by atoms with Gasteiger partial charge in [-0.05, 0) is 75.7 Å². The Labute approximate surface area is 194 Å². The molecule has 1 aliphatic rings. The molecule has 4 rings (SSSR count). The summed E-state index contributed by atoms with van der Waals surface area (Å²) in [4.78, 5) is 8.07. The number of nitriles is 1. The largest absolute Gasteiger partial charge is 0.490 e. The van der Waals surface area contributed by atoms with E-state index in [0.717, 1.165) is 36.5 Å². The zero-order valence-electron chi connectivity index (χ0n) is 19.2. The van der Waals surface area contributed by atoms with E-state index in [0.29, 0.717) is 17.4 Å². The quantitative estimate of drug-likeness (QED) is 0.510. The van der Waals surface area contributed by atoms with E-state index in [1.807, 2.05) is 38.2 Å². The fourth-order valence-corrected chi connectivity index (χ4v) is 5.16. The summed E-state index contributed by atoms with van der Waals surface area (Å²) >= 11 is 1.68. The Hall–Kier alpha value is -2.72. The third kappa shape index (κ3) is 4.86. The molecule has 1 atom stereocenters. The molecule has 5 nitrogen and oxygen atoms in total. The second-order valence-corrected chi connectivity index (χ2v) is 9.77. The maximum absolute atomic E-state index is 9.55. The minimum atomic E-state index is 0.0285. The standard InChI is InChI=1S/C26H30N4OS/c1-17(2)31-24-11-8-18(14-19(24)15-27)26-29-16-25(32-26)22-7-5-6-21-20(22)9-10-23(21)28-12-13-30(3)4/h5-8,11,14,16-17,23,28H,9-10,12-13H2,1-4H3/t23-/m0/s1. The average molecular weight is 447 g/mol. The summed E-state index contributed by atoms with van der Waals surface area (Å²) in [6.07, 6.45) is 4.21. The van der Waals surface area contributed by atoms with Gasteiger partial charge in [0.2, 0.25) is 0 Å². The Morgan fingerprint density at radius 3 is 2.88 bits per heavy atom. The molecule has 0 saturated carbocycles. The first-order valence-electron chi connectivity index (χ1n) is 11.1. The van der Waals surface area contributed by atoms with Crippen molar-refractivity contribution in [2.24, 2.45) is 0 Å². The van der Waals surface area contributed by atoms with Crippen molar-refractivity contribution in [2.45, 2.75) is 38.8 Å². The molecule has 32 heavy (non-hydrogen) atoms. The summed E-state index contributed by atoms with van der Waals surface area (Å²) in [5.74, 6) is 0.622. The van der Waals surface area contributed by atoms with Crippen LogP contribution in [0.4, 0.5) is 0 Å². The van der Waals surface area contributed by atoms with Crippen LogP contribution in [0.3, 0.4) is 0 Å². The number of ether oxygens (including phenoxy) is 1. The minimum Gasteiger partial charge on any atom is -0.490 e. The van der Waals surface area contributed by atoms with Gasteiger partial charge in [-0.1, -0.05) is 18.2 Å². The Balaban J connectivity index is 1.58. The van der Waals surface area contributed by atoms with E-state index in [9.17, 15) is 5.26 Å². The van der Waals surface area contributed by atoms with Gasteiger partial charge in [-0.3, -0.25) is 0 Å². The molecule has 0 saturated heterocycles. The molecule has 1 aromatic heterocycles. The topological polar surface area (TPSA) is 61.2 Å². The van der Waals surface area contributed by atoms with Crippen molar-refractivity contribution in [3.63, 3.8) is 0 Å². The number of thiazole rings is 1. The average Bonchev–Trinajstić information content (AvgIpc) is 3.41. The Morgan fingerprint density at radius 1 is 1.28 bits per heavy atom. The summed E-state index contributed by atoms with van der Waals surface area (Å²) in [7, 11) is 4.21. The molecular formula is C26H30N4OS. The van der Waals surface area contributed by atoms with Crippen LogP contribution in [-0.2, 0) is 6.42 Å². The van der Waals surface area contributed by atoms with Crippen LogP contribution in [0, 0.1) is 11.3 Å². The smallest absolute Gasteiger partial charge is 0.137 e. The zero-order chi connectivity index (χ0) is 22.7. The molecular weight excluding hydrogens is 416 g/mol. The lowest BCUT2D eigenvalue weighted by atomic mass is 10.0. The molecule has 0 amide bonds. The van der Waals surface area contributed by atoms with Crippen LogP contribution in [-0.4, -0.2) is 43.2 Å². The van der Waals surface area contributed by atoms with Crippen LogP contribution in [0.5, 0.6) is 5.75 Å². The summed E-state index contributed by atoms with van der Waals surface area (Å²) in [6, 6.07) is 15.0. The van der Waals surface area contributed by atoms with E-state index in [1.54, 1.807) is 11.3 Å². The number of aromatic nitrogens is 1.